The van der Waals surface area contributed by atoms with Gasteiger partial charge in [-0.2, -0.15) is 22.5 Å². The van der Waals surface area contributed by atoms with Crippen LogP contribution in [0.25, 0.3) is 0 Å². The van der Waals surface area contributed by atoms with Gasteiger partial charge < -0.3 is 29.3 Å². The molecule has 2 saturated carbocycles. The molecule has 5 aliphatic rings. The lowest BCUT2D eigenvalue weighted by Crippen LogP contribution is -2.55. The Balaban J connectivity index is 0.000000232. The molecule has 73 heavy (non-hydrogen) atoms. The van der Waals surface area contributed by atoms with Gasteiger partial charge >= 0.3 is 0 Å². The molecule has 3 N–H and O–H groups in total. The number of aromatic nitrogens is 2. The number of hydrogen-bond acceptors (Lipinski definition) is 13. The third-order valence-corrected chi connectivity index (χ3v) is 16.9. The smallest absolute Gasteiger partial charge is 0.290 e. The van der Waals surface area contributed by atoms with Crippen LogP contribution in [0.1, 0.15) is 128 Å². The Bertz CT molecular complexity index is 2230. The molecule has 4 atom stereocenters. The molecule has 15 nitrogen and oxygen atoms in total. The van der Waals surface area contributed by atoms with E-state index in [2.05, 4.69) is 29.9 Å². The maximum absolute atomic E-state index is 13.7. The van der Waals surface area contributed by atoms with Crippen molar-refractivity contribution in [3.8, 4) is 0 Å². The number of carbonyl (C=O) groups is 1. The number of rotatable bonds is 20. The Labute approximate surface area is 439 Å². The maximum atomic E-state index is 13.7. The molecule has 19 heteroatoms. The largest absolute Gasteiger partial charge is 0.466 e. The first-order chi connectivity index (χ1) is 35.4. The van der Waals surface area contributed by atoms with Crippen molar-refractivity contribution in [2.45, 2.75) is 141 Å². The van der Waals surface area contributed by atoms with Gasteiger partial charge in [0, 0.05) is 87.7 Å². The highest BCUT2D eigenvalue weighted by Crippen LogP contribution is 2.37. The van der Waals surface area contributed by atoms with Crippen molar-refractivity contribution >= 4 is 34.1 Å². The van der Waals surface area contributed by atoms with Gasteiger partial charge in [-0.3, -0.25) is 4.79 Å². The highest BCUT2D eigenvalue weighted by atomic mass is 32.2. The van der Waals surface area contributed by atoms with Gasteiger partial charge in [0.1, 0.15) is 11.6 Å². The van der Waals surface area contributed by atoms with Crippen LogP contribution in [0.4, 0.5) is 14.6 Å². The second kappa shape index (κ2) is 30.0. The van der Waals surface area contributed by atoms with Crippen LogP contribution in [0.15, 0.2) is 78.8 Å². The van der Waals surface area contributed by atoms with E-state index >= 15 is 0 Å². The van der Waals surface area contributed by atoms with Crippen molar-refractivity contribution < 1.29 is 36.2 Å². The molecule has 1 unspecified atom stereocenters. The number of likely N-dealkylation sites (tertiary alicyclic amines) is 1. The number of benzene rings is 2. The van der Waals surface area contributed by atoms with E-state index in [9.17, 15) is 22.0 Å². The third-order valence-electron chi connectivity index (χ3n) is 14.4. The first-order valence-corrected chi connectivity index (χ1v) is 29.1. The molecule has 8 rings (SSSR count). The summed E-state index contributed by atoms with van der Waals surface area (Å²) in [6.45, 7) is 13.1. The van der Waals surface area contributed by atoms with Crippen LogP contribution in [0.2, 0.25) is 0 Å². The molecule has 2 aliphatic carbocycles. The minimum Gasteiger partial charge on any atom is -0.466 e. The molecule has 2 saturated heterocycles. The van der Waals surface area contributed by atoms with Gasteiger partial charge in [-0.15, -0.1) is 5.10 Å². The van der Waals surface area contributed by atoms with E-state index in [1.165, 1.54) is 12.1 Å². The SMILES string of the molecule is CC.CCCN(CCC)S(=O)(=O)N[C@H]1CCN(c2cccnn2)C[C@H]1COC1CCC(c2cccc(F)c2)CC1.CN(C)SNC1CCN(C(=O)C2=CNCO2)C[C@H]1COC1CCC(c2cccc(F)c2)CC1. The molecule has 2 aromatic carbocycles. The summed E-state index contributed by atoms with van der Waals surface area (Å²) in [7, 11) is 0.424. The topological polar surface area (TPSA) is 154 Å². The Kier molecular flexibility index (Phi) is 23.9. The van der Waals surface area contributed by atoms with E-state index in [0.717, 1.165) is 87.6 Å². The van der Waals surface area contributed by atoms with E-state index in [1.807, 2.05) is 75.3 Å². The number of halogens is 2. The summed E-state index contributed by atoms with van der Waals surface area (Å²) in [4.78, 5) is 16.9. The lowest BCUT2D eigenvalue weighted by atomic mass is 9.82. The fourth-order valence-corrected chi connectivity index (χ4v) is 12.9. The summed E-state index contributed by atoms with van der Waals surface area (Å²) >= 11 is 1.58. The summed E-state index contributed by atoms with van der Waals surface area (Å²) in [5.74, 6) is 1.73. The Morgan fingerprint density at radius 2 is 1.37 bits per heavy atom. The van der Waals surface area contributed by atoms with Crippen LogP contribution in [0, 0.1) is 23.5 Å². The fraction of sp³-hybridized carbons (Fsp3) is 0.648. The first kappa shape index (κ1) is 58.3. The molecule has 3 aromatic rings. The highest BCUT2D eigenvalue weighted by Gasteiger charge is 2.37. The van der Waals surface area contributed by atoms with E-state index in [0.29, 0.717) is 83.2 Å². The highest BCUT2D eigenvalue weighted by molar-refractivity contribution is 7.95. The molecular weight excluding hydrogens is 973 g/mol. The Morgan fingerprint density at radius 3 is 1.88 bits per heavy atom. The summed E-state index contributed by atoms with van der Waals surface area (Å²) < 4.78 is 82.2. The average molecular weight is 1060 g/mol. The fourth-order valence-electron chi connectivity index (χ4n) is 10.6. The molecule has 4 heterocycles. The Morgan fingerprint density at radius 1 is 0.795 bits per heavy atom. The van der Waals surface area contributed by atoms with Gasteiger partial charge in [0.2, 0.25) is 5.76 Å². The number of nitrogens with zero attached hydrogens (tertiary/aromatic N) is 6. The van der Waals surface area contributed by atoms with Crippen molar-refractivity contribution in [2.24, 2.45) is 11.8 Å². The van der Waals surface area contributed by atoms with Crippen LogP contribution in [0.5, 0.6) is 0 Å². The first-order valence-electron chi connectivity index (χ1n) is 26.9. The molecule has 406 valence electrons. The number of amides is 1. The van der Waals surface area contributed by atoms with Gasteiger partial charge in [-0.1, -0.05) is 52.0 Å². The predicted octanol–water partition coefficient (Wildman–Crippen LogP) is 8.75. The Hall–Kier alpha value is -3.95. The molecular formula is C54H83F2N9O6S2. The van der Waals surface area contributed by atoms with Crippen LogP contribution in [-0.4, -0.2) is 136 Å². The molecule has 3 aliphatic heterocycles. The summed E-state index contributed by atoms with van der Waals surface area (Å²) in [5, 5.41) is 11.2. The minimum atomic E-state index is -3.60. The summed E-state index contributed by atoms with van der Waals surface area (Å²) in [6.07, 6.45) is 14.5. The quantitative estimate of drug-likeness (QED) is 0.0926. The number of anilines is 1. The third kappa shape index (κ3) is 17.8. The van der Waals surface area contributed by atoms with Crippen molar-refractivity contribution in [2.75, 3.05) is 78.2 Å². The zero-order chi connectivity index (χ0) is 52.2. The number of nitrogens with one attached hydrogen (secondary N) is 3. The lowest BCUT2D eigenvalue weighted by Gasteiger charge is -2.40. The van der Waals surface area contributed by atoms with Crippen LogP contribution >= 0.6 is 12.1 Å². The molecule has 0 spiro atoms. The zero-order valence-electron chi connectivity index (χ0n) is 44.1. The number of hydrogen-bond donors (Lipinski definition) is 3. The van der Waals surface area contributed by atoms with Gasteiger partial charge in [0.15, 0.2) is 12.5 Å². The maximum Gasteiger partial charge on any atom is 0.290 e. The van der Waals surface area contributed by atoms with Gasteiger partial charge in [0.25, 0.3) is 16.1 Å². The molecule has 1 aromatic heterocycles. The number of carbonyl (C=O) groups excluding carboxylic acids is 1. The monoisotopic (exact) mass is 1060 g/mol. The second-order valence-electron chi connectivity index (χ2n) is 19.9. The van der Waals surface area contributed by atoms with Gasteiger partial charge in [-0.25, -0.2) is 17.8 Å². The normalized spacial score (nSPS) is 25.4. The molecule has 0 radical (unpaired) electrons. The van der Waals surface area contributed by atoms with Crippen molar-refractivity contribution in [1.29, 1.82) is 0 Å². The van der Waals surface area contributed by atoms with Crippen LogP contribution < -0.4 is 19.7 Å². The number of ether oxygens (including phenoxy) is 3. The zero-order valence-corrected chi connectivity index (χ0v) is 45.7. The van der Waals surface area contributed by atoms with Crippen molar-refractivity contribution in [1.82, 2.24) is 38.5 Å². The lowest BCUT2D eigenvalue weighted by molar-refractivity contribution is -0.133. The van der Waals surface area contributed by atoms with Crippen molar-refractivity contribution in [3.63, 3.8) is 0 Å². The van der Waals surface area contributed by atoms with Crippen LogP contribution in [0.3, 0.4) is 0 Å². The van der Waals surface area contributed by atoms with Crippen LogP contribution in [-0.2, 0) is 29.2 Å². The summed E-state index contributed by atoms with van der Waals surface area (Å²) in [6, 6.07) is 17.8. The second-order valence-corrected chi connectivity index (χ2v) is 22.7. The van der Waals surface area contributed by atoms with Gasteiger partial charge in [-0.05, 0) is 151 Å². The standard InChI is InChI=1S/C28H42FN5O3S.C24H35FN4O3S.C2H6/c1-3-16-34(17-4-2)38(35,36)32-27-14-18-33(28-9-6-15-30-31-28)20-24(27)21-37-26-12-10-22(11-13-26)23-7-5-8-25(29)19-23;1-28(2)33-27-22-10-11-29(24(30)23-13-26-16-32-23)14-19(22)15-31-21-8-6-17(7-9-21)18-4-3-5-20(25)12-18;1-2/h5-9,15,19,22,24,26-27,32H,3-4,10-14,16-18,20-21H2,1-2H3;3-5,12-13,17,19,21-22,26-27H,6-11,14-16H2,1-2H3;1-2H3/t22?,24-,26?,27-;17?,19-,21?,22?;/m00./s1. The molecule has 0 bridgehead atoms. The van der Waals surface area contributed by atoms with E-state index in [1.54, 1.807) is 53.1 Å². The number of piperidine rings is 2. The van der Waals surface area contributed by atoms with E-state index < -0.39 is 10.2 Å². The molecule has 4 fully saturated rings. The van der Waals surface area contributed by atoms with Gasteiger partial charge in [0.05, 0.1) is 25.4 Å². The average Bonchev–Trinajstić information content (AvgIpc) is 3.96. The minimum absolute atomic E-state index is 0.0217. The summed E-state index contributed by atoms with van der Waals surface area (Å²) in [5.41, 5.74) is 2.16. The van der Waals surface area contributed by atoms with E-state index in [-0.39, 0.29) is 53.7 Å². The van der Waals surface area contributed by atoms with Crippen molar-refractivity contribution in [3.05, 3.63) is 102 Å². The van der Waals surface area contributed by atoms with E-state index in [4.69, 9.17) is 14.2 Å². The molecule has 1 amide bonds. The predicted molar refractivity (Wildman–Crippen MR) is 286 cm³/mol.